The lowest BCUT2D eigenvalue weighted by atomic mass is 10.2. The van der Waals surface area contributed by atoms with Crippen molar-refractivity contribution in [1.29, 1.82) is 0 Å². The molecule has 2 aromatic heterocycles. The van der Waals surface area contributed by atoms with Crippen LogP contribution < -0.4 is 0 Å². The Morgan fingerprint density at radius 3 is 2.62 bits per heavy atom. The highest BCUT2D eigenvalue weighted by Crippen LogP contribution is 2.16. The third-order valence-corrected chi connectivity index (χ3v) is 2.74. The van der Waals surface area contributed by atoms with Crippen LogP contribution >= 0.6 is 0 Å². The standard InChI is InChI=1S/C15H12N6/c1-2-6-12(7-3-1)14-11-18-21-15(19-14)20-17-10-13-8-4-5-9-16-13/h1-9,11H,10H2. The van der Waals surface area contributed by atoms with Gasteiger partial charge in [-0.25, -0.2) is 4.98 Å². The van der Waals surface area contributed by atoms with Crippen molar-refractivity contribution in [2.75, 3.05) is 0 Å². The second kappa shape index (κ2) is 6.42. The van der Waals surface area contributed by atoms with Gasteiger partial charge in [0.25, 0.3) is 5.95 Å². The molecular formula is C15H12N6. The fourth-order valence-electron chi connectivity index (χ4n) is 1.75. The largest absolute Gasteiger partial charge is 0.287 e. The van der Waals surface area contributed by atoms with Gasteiger partial charge in [-0.3, -0.25) is 4.98 Å². The summed E-state index contributed by atoms with van der Waals surface area (Å²) in [6.45, 7) is 0.389. The first kappa shape index (κ1) is 13.0. The molecule has 0 bridgehead atoms. The van der Waals surface area contributed by atoms with E-state index >= 15 is 0 Å². The van der Waals surface area contributed by atoms with Crippen molar-refractivity contribution in [2.24, 2.45) is 10.2 Å². The summed E-state index contributed by atoms with van der Waals surface area (Å²) in [7, 11) is 0. The third-order valence-electron chi connectivity index (χ3n) is 2.74. The van der Waals surface area contributed by atoms with Gasteiger partial charge in [0.2, 0.25) is 0 Å². The highest BCUT2D eigenvalue weighted by molar-refractivity contribution is 5.58. The Balaban J connectivity index is 1.75. The summed E-state index contributed by atoms with van der Waals surface area (Å²) in [5.74, 6) is 0.243. The number of aromatic nitrogens is 4. The zero-order valence-electron chi connectivity index (χ0n) is 11.2. The van der Waals surface area contributed by atoms with Crippen LogP contribution in [0.5, 0.6) is 0 Å². The summed E-state index contributed by atoms with van der Waals surface area (Å²) in [6, 6.07) is 15.4. The van der Waals surface area contributed by atoms with Crippen LogP contribution in [0.15, 0.2) is 71.2 Å². The molecule has 0 aliphatic rings. The summed E-state index contributed by atoms with van der Waals surface area (Å²) in [4.78, 5) is 8.48. The molecule has 6 heteroatoms. The molecule has 0 saturated heterocycles. The highest BCUT2D eigenvalue weighted by Gasteiger charge is 2.01. The average Bonchev–Trinajstić information content (AvgIpc) is 2.57. The smallest absolute Gasteiger partial charge is 0.259 e. The molecule has 0 fully saturated rings. The number of pyridine rings is 1. The van der Waals surface area contributed by atoms with E-state index in [0.29, 0.717) is 6.54 Å². The summed E-state index contributed by atoms with van der Waals surface area (Å²) < 4.78 is 0. The molecule has 102 valence electrons. The van der Waals surface area contributed by atoms with Crippen LogP contribution in [-0.4, -0.2) is 20.2 Å². The van der Waals surface area contributed by atoms with Crippen molar-refractivity contribution in [3.05, 3.63) is 66.6 Å². The number of hydrogen-bond donors (Lipinski definition) is 0. The quantitative estimate of drug-likeness (QED) is 0.685. The fourth-order valence-corrected chi connectivity index (χ4v) is 1.75. The van der Waals surface area contributed by atoms with Gasteiger partial charge in [0, 0.05) is 11.8 Å². The molecule has 0 radical (unpaired) electrons. The summed E-state index contributed by atoms with van der Waals surface area (Å²) in [5.41, 5.74) is 2.53. The monoisotopic (exact) mass is 276 g/mol. The maximum Gasteiger partial charge on any atom is 0.287 e. The van der Waals surface area contributed by atoms with E-state index < -0.39 is 0 Å². The SMILES string of the molecule is c1ccc(-c2cnnc(N=NCc3ccccn3)n2)cc1. The fraction of sp³-hybridized carbons (Fsp3) is 0.0667. The molecule has 1 aromatic carbocycles. The molecule has 3 rings (SSSR count). The van der Waals surface area contributed by atoms with Crippen LogP contribution in [0.3, 0.4) is 0 Å². The molecule has 0 atom stereocenters. The lowest BCUT2D eigenvalue weighted by molar-refractivity contribution is 0.870. The summed E-state index contributed by atoms with van der Waals surface area (Å²) in [5, 5.41) is 15.8. The summed E-state index contributed by atoms with van der Waals surface area (Å²) in [6.07, 6.45) is 3.33. The van der Waals surface area contributed by atoms with Crippen molar-refractivity contribution in [3.8, 4) is 11.3 Å². The molecule has 21 heavy (non-hydrogen) atoms. The van der Waals surface area contributed by atoms with Gasteiger partial charge in [-0.2, -0.15) is 10.2 Å². The van der Waals surface area contributed by atoms with Gasteiger partial charge in [-0.1, -0.05) is 36.4 Å². The second-order valence-electron chi connectivity index (χ2n) is 4.23. The van der Waals surface area contributed by atoms with Gasteiger partial charge in [0.15, 0.2) is 0 Å². The number of hydrogen-bond acceptors (Lipinski definition) is 6. The van der Waals surface area contributed by atoms with Crippen LogP contribution in [0.1, 0.15) is 5.69 Å². The van der Waals surface area contributed by atoms with Gasteiger partial charge in [0.1, 0.15) is 6.54 Å². The van der Waals surface area contributed by atoms with Crippen LogP contribution in [0, 0.1) is 0 Å². The Morgan fingerprint density at radius 2 is 1.81 bits per heavy atom. The molecule has 0 N–H and O–H groups in total. The topological polar surface area (TPSA) is 76.3 Å². The molecule has 0 aliphatic heterocycles. The first-order valence-corrected chi connectivity index (χ1v) is 6.44. The van der Waals surface area contributed by atoms with Gasteiger partial charge in [-0.05, 0) is 12.1 Å². The van der Waals surface area contributed by atoms with Crippen LogP contribution in [0.4, 0.5) is 5.95 Å². The van der Waals surface area contributed by atoms with E-state index in [-0.39, 0.29) is 5.95 Å². The molecule has 0 amide bonds. The molecule has 6 nitrogen and oxygen atoms in total. The van der Waals surface area contributed by atoms with E-state index in [0.717, 1.165) is 17.0 Å². The zero-order valence-corrected chi connectivity index (χ0v) is 11.2. The van der Waals surface area contributed by atoms with E-state index in [2.05, 4.69) is 30.4 Å². The first-order chi connectivity index (χ1) is 10.4. The van der Waals surface area contributed by atoms with Gasteiger partial charge < -0.3 is 0 Å². The minimum Gasteiger partial charge on any atom is -0.259 e. The van der Waals surface area contributed by atoms with Crippen molar-refractivity contribution >= 4 is 5.95 Å². The van der Waals surface area contributed by atoms with E-state index in [4.69, 9.17) is 0 Å². The van der Waals surface area contributed by atoms with E-state index in [1.807, 2.05) is 48.5 Å². The minimum absolute atomic E-state index is 0.243. The van der Waals surface area contributed by atoms with Crippen molar-refractivity contribution < 1.29 is 0 Å². The normalized spacial score (nSPS) is 10.9. The number of benzene rings is 1. The van der Waals surface area contributed by atoms with Crippen LogP contribution in [0.2, 0.25) is 0 Å². The number of azo groups is 1. The average molecular weight is 276 g/mol. The molecule has 2 heterocycles. The zero-order chi connectivity index (χ0) is 14.3. The first-order valence-electron chi connectivity index (χ1n) is 6.44. The maximum absolute atomic E-state index is 4.32. The van der Waals surface area contributed by atoms with Crippen LogP contribution in [-0.2, 0) is 6.54 Å². The lowest BCUT2D eigenvalue weighted by Crippen LogP contribution is -1.90. The molecule has 0 saturated carbocycles. The second-order valence-corrected chi connectivity index (χ2v) is 4.23. The molecular weight excluding hydrogens is 264 g/mol. The summed E-state index contributed by atoms with van der Waals surface area (Å²) >= 11 is 0. The predicted molar refractivity (Wildman–Crippen MR) is 77.7 cm³/mol. The maximum atomic E-state index is 4.32. The van der Waals surface area contributed by atoms with E-state index in [1.165, 1.54) is 0 Å². The Kier molecular flexibility index (Phi) is 3.97. The minimum atomic E-state index is 0.243. The Morgan fingerprint density at radius 1 is 0.952 bits per heavy atom. The molecule has 0 unspecified atom stereocenters. The van der Waals surface area contributed by atoms with Gasteiger partial charge in [-0.15, -0.1) is 10.2 Å². The molecule has 3 aromatic rings. The highest BCUT2D eigenvalue weighted by atomic mass is 15.3. The van der Waals surface area contributed by atoms with Crippen molar-refractivity contribution in [2.45, 2.75) is 6.54 Å². The Labute approximate surface area is 121 Å². The van der Waals surface area contributed by atoms with Gasteiger partial charge in [0.05, 0.1) is 17.6 Å². The molecule has 0 aliphatic carbocycles. The third kappa shape index (κ3) is 3.50. The Bertz CT molecular complexity index is 727. The van der Waals surface area contributed by atoms with Crippen molar-refractivity contribution in [1.82, 2.24) is 20.2 Å². The van der Waals surface area contributed by atoms with Crippen molar-refractivity contribution in [3.63, 3.8) is 0 Å². The Hall–Kier alpha value is -3.02. The molecule has 0 spiro atoms. The van der Waals surface area contributed by atoms with Gasteiger partial charge >= 0.3 is 0 Å². The lowest BCUT2D eigenvalue weighted by Gasteiger charge is -1.99. The number of rotatable bonds is 4. The van der Waals surface area contributed by atoms with E-state index in [1.54, 1.807) is 12.4 Å². The van der Waals surface area contributed by atoms with Crippen LogP contribution in [0.25, 0.3) is 11.3 Å². The number of nitrogens with zero attached hydrogens (tertiary/aromatic N) is 6. The van der Waals surface area contributed by atoms with E-state index in [9.17, 15) is 0 Å². The predicted octanol–water partition coefficient (Wildman–Crippen LogP) is 3.22.